The van der Waals surface area contributed by atoms with Crippen molar-refractivity contribution in [3.8, 4) is 0 Å². The van der Waals surface area contributed by atoms with Gasteiger partial charge in [0.15, 0.2) is 0 Å². The molecule has 174 valence electrons. The molecule has 0 spiro atoms. The third-order valence-corrected chi connectivity index (χ3v) is 7.70. The van der Waals surface area contributed by atoms with Crippen molar-refractivity contribution in [1.29, 1.82) is 0 Å². The minimum Gasteiger partial charge on any atom is -0.348 e. The average molecular weight is 530 g/mol. The van der Waals surface area contributed by atoms with Crippen LogP contribution in [0.3, 0.4) is 0 Å². The Morgan fingerprint density at radius 3 is 2.06 bits per heavy atom. The average Bonchev–Trinajstić information content (AvgIpc) is 2.78. The number of anilines is 1. The molecular formula is C26H29BrN2O3S. The van der Waals surface area contributed by atoms with Gasteiger partial charge in [-0.3, -0.25) is 9.10 Å². The molecule has 0 saturated carbocycles. The Morgan fingerprint density at radius 1 is 0.939 bits per heavy atom. The van der Waals surface area contributed by atoms with Crippen LogP contribution < -0.4 is 9.62 Å². The standard InChI is InChI=1S/C26H29BrN2O3S/c1-19(20-10-12-21(13-11-20)26(2,3)4)28-25(30)18-29(23-16-14-22(27)15-17-23)33(31,32)24-8-6-5-7-9-24/h5-17,19H,18H2,1-4H3,(H,28,30). The van der Waals surface area contributed by atoms with E-state index in [4.69, 9.17) is 0 Å². The number of carbonyl (C=O) groups is 1. The van der Waals surface area contributed by atoms with Gasteiger partial charge in [-0.2, -0.15) is 0 Å². The lowest BCUT2D eigenvalue weighted by Gasteiger charge is -2.25. The van der Waals surface area contributed by atoms with Crippen LogP contribution in [-0.4, -0.2) is 20.9 Å². The van der Waals surface area contributed by atoms with Gasteiger partial charge in [-0.25, -0.2) is 8.42 Å². The molecule has 7 heteroatoms. The second-order valence-electron chi connectivity index (χ2n) is 8.96. The van der Waals surface area contributed by atoms with E-state index in [0.717, 1.165) is 14.3 Å². The number of amides is 1. The Morgan fingerprint density at radius 2 is 1.52 bits per heavy atom. The Bertz CT molecular complexity index is 1190. The van der Waals surface area contributed by atoms with Crippen LogP contribution in [0.15, 0.2) is 88.2 Å². The van der Waals surface area contributed by atoms with E-state index < -0.39 is 10.0 Å². The number of benzene rings is 3. The molecule has 3 rings (SSSR count). The van der Waals surface area contributed by atoms with E-state index >= 15 is 0 Å². The molecule has 0 aliphatic heterocycles. The van der Waals surface area contributed by atoms with E-state index in [0.29, 0.717) is 5.69 Å². The summed E-state index contributed by atoms with van der Waals surface area (Å²) in [6.45, 7) is 8.01. The quantitative estimate of drug-likeness (QED) is 0.420. The van der Waals surface area contributed by atoms with Crippen LogP contribution >= 0.6 is 15.9 Å². The molecule has 0 aromatic heterocycles. The maximum absolute atomic E-state index is 13.4. The highest BCUT2D eigenvalue weighted by Gasteiger charge is 2.27. The lowest BCUT2D eigenvalue weighted by Crippen LogP contribution is -2.41. The fourth-order valence-corrected chi connectivity index (χ4v) is 5.12. The molecule has 0 aliphatic rings. The zero-order valence-corrected chi connectivity index (χ0v) is 21.7. The highest BCUT2D eigenvalue weighted by molar-refractivity contribution is 9.10. The van der Waals surface area contributed by atoms with Gasteiger partial charge in [-0.05, 0) is 59.9 Å². The van der Waals surface area contributed by atoms with E-state index in [2.05, 4.69) is 54.2 Å². The van der Waals surface area contributed by atoms with Crippen LogP contribution in [0.25, 0.3) is 0 Å². The van der Waals surface area contributed by atoms with Crippen molar-refractivity contribution in [2.45, 2.75) is 44.0 Å². The summed E-state index contributed by atoms with van der Waals surface area (Å²) in [5.41, 5.74) is 2.62. The molecule has 1 atom stereocenters. The molecule has 0 aliphatic carbocycles. The fraction of sp³-hybridized carbons (Fsp3) is 0.269. The van der Waals surface area contributed by atoms with Crippen LogP contribution in [0.1, 0.15) is 44.9 Å². The van der Waals surface area contributed by atoms with Crippen molar-refractivity contribution < 1.29 is 13.2 Å². The van der Waals surface area contributed by atoms with Crippen molar-refractivity contribution in [1.82, 2.24) is 5.32 Å². The molecular weight excluding hydrogens is 500 g/mol. The predicted molar refractivity (Wildman–Crippen MR) is 137 cm³/mol. The van der Waals surface area contributed by atoms with Crippen LogP contribution in [-0.2, 0) is 20.2 Å². The Hall–Kier alpha value is -2.64. The summed E-state index contributed by atoms with van der Waals surface area (Å²) in [7, 11) is -3.93. The summed E-state index contributed by atoms with van der Waals surface area (Å²) >= 11 is 3.37. The summed E-state index contributed by atoms with van der Waals surface area (Å²) in [4.78, 5) is 13.1. The third kappa shape index (κ3) is 6.24. The molecule has 1 amide bonds. The molecule has 0 heterocycles. The van der Waals surface area contributed by atoms with Crippen molar-refractivity contribution in [3.05, 3.63) is 94.5 Å². The van der Waals surface area contributed by atoms with Crippen LogP contribution in [0.2, 0.25) is 0 Å². The zero-order chi connectivity index (χ0) is 24.2. The van der Waals surface area contributed by atoms with Crippen molar-refractivity contribution in [2.24, 2.45) is 0 Å². The van der Waals surface area contributed by atoms with E-state index in [1.54, 1.807) is 42.5 Å². The largest absolute Gasteiger partial charge is 0.348 e. The summed E-state index contributed by atoms with van der Waals surface area (Å²) in [5.74, 6) is -0.384. The number of nitrogens with zero attached hydrogens (tertiary/aromatic N) is 1. The van der Waals surface area contributed by atoms with E-state index in [9.17, 15) is 13.2 Å². The number of hydrogen-bond donors (Lipinski definition) is 1. The van der Waals surface area contributed by atoms with E-state index in [1.807, 2.05) is 19.1 Å². The first kappa shape index (κ1) is 25.0. The second-order valence-corrected chi connectivity index (χ2v) is 11.7. The van der Waals surface area contributed by atoms with Gasteiger partial charge in [0, 0.05) is 4.47 Å². The molecule has 0 saturated heterocycles. The van der Waals surface area contributed by atoms with Gasteiger partial charge in [0.05, 0.1) is 16.6 Å². The predicted octanol–water partition coefficient (Wildman–Crippen LogP) is 5.82. The topological polar surface area (TPSA) is 66.5 Å². The van der Waals surface area contributed by atoms with Crippen LogP contribution in [0.5, 0.6) is 0 Å². The van der Waals surface area contributed by atoms with Crippen molar-refractivity contribution in [3.63, 3.8) is 0 Å². The van der Waals surface area contributed by atoms with Gasteiger partial charge in [0.2, 0.25) is 5.91 Å². The molecule has 0 bridgehead atoms. The van der Waals surface area contributed by atoms with Gasteiger partial charge < -0.3 is 5.32 Å². The maximum atomic E-state index is 13.4. The van der Waals surface area contributed by atoms with Gasteiger partial charge in [0.25, 0.3) is 10.0 Å². The minimum absolute atomic E-state index is 0.0436. The van der Waals surface area contributed by atoms with Crippen LogP contribution in [0, 0.1) is 0 Å². The Labute approximate surface area is 205 Å². The number of carbonyl (C=O) groups excluding carboxylic acids is 1. The molecule has 33 heavy (non-hydrogen) atoms. The third-order valence-electron chi connectivity index (χ3n) is 5.39. The molecule has 1 N–H and O–H groups in total. The number of hydrogen-bond acceptors (Lipinski definition) is 3. The zero-order valence-electron chi connectivity index (χ0n) is 19.2. The second kappa shape index (κ2) is 10.1. The molecule has 3 aromatic carbocycles. The van der Waals surface area contributed by atoms with Gasteiger partial charge in [-0.15, -0.1) is 0 Å². The van der Waals surface area contributed by atoms with Gasteiger partial charge >= 0.3 is 0 Å². The molecule has 1 unspecified atom stereocenters. The van der Waals surface area contributed by atoms with Crippen molar-refractivity contribution >= 4 is 37.5 Å². The first-order chi connectivity index (χ1) is 15.5. The van der Waals surface area contributed by atoms with Crippen molar-refractivity contribution in [2.75, 3.05) is 10.8 Å². The highest BCUT2D eigenvalue weighted by atomic mass is 79.9. The number of halogens is 1. The SMILES string of the molecule is CC(NC(=O)CN(c1ccc(Br)cc1)S(=O)(=O)c1ccccc1)c1ccc(C(C)(C)C)cc1. The first-order valence-electron chi connectivity index (χ1n) is 10.7. The monoisotopic (exact) mass is 528 g/mol. The van der Waals surface area contributed by atoms with Crippen LogP contribution in [0.4, 0.5) is 5.69 Å². The lowest BCUT2D eigenvalue weighted by atomic mass is 9.86. The highest BCUT2D eigenvalue weighted by Crippen LogP contribution is 2.26. The number of nitrogens with one attached hydrogen (secondary N) is 1. The van der Waals surface area contributed by atoms with E-state index in [1.165, 1.54) is 17.7 Å². The van der Waals surface area contributed by atoms with Gasteiger partial charge in [-0.1, -0.05) is 79.2 Å². The smallest absolute Gasteiger partial charge is 0.264 e. The molecule has 5 nitrogen and oxygen atoms in total. The maximum Gasteiger partial charge on any atom is 0.264 e. The van der Waals surface area contributed by atoms with E-state index in [-0.39, 0.29) is 28.8 Å². The number of sulfonamides is 1. The Balaban J connectivity index is 1.82. The molecule has 0 radical (unpaired) electrons. The Kier molecular flexibility index (Phi) is 7.65. The normalized spacial score (nSPS) is 12.8. The van der Waals surface area contributed by atoms with Gasteiger partial charge in [0.1, 0.15) is 6.54 Å². The lowest BCUT2D eigenvalue weighted by molar-refractivity contribution is -0.120. The minimum atomic E-state index is -3.93. The molecule has 3 aromatic rings. The summed E-state index contributed by atoms with van der Waals surface area (Å²) in [6.07, 6.45) is 0. The molecule has 0 fully saturated rings. The summed E-state index contributed by atoms with van der Waals surface area (Å²) in [5, 5.41) is 2.94. The summed E-state index contributed by atoms with van der Waals surface area (Å²) in [6, 6.07) is 22.8. The first-order valence-corrected chi connectivity index (χ1v) is 12.9. The number of rotatable bonds is 7. The summed E-state index contributed by atoms with van der Waals surface area (Å²) < 4.78 is 28.7. The fourth-order valence-electron chi connectivity index (χ4n) is 3.41.